The molecule has 0 radical (unpaired) electrons. The smallest absolute Gasteiger partial charge is 0.251 e. The van der Waals surface area contributed by atoms with E-state index in [9.17, 15) is 14.0 Å². The highest BCUT2D eigenvalue weighted by Crippen LogP contribution is 2.12. The summed E-state index contributed by atoms with van der Waals surface area (Å²) in [6.07, 6.45) is 2.70. The number of hydrogen-bond acceptors (Lipinski definition) is 4. The second kappa shape index (κ2) is 8.43. The Labute approximate surface area is 150 Å². The van der Waals surface area contributed by atoms with E-state index in [1.807, 2.05) is 6.26 Å². The van der Waals surface area contributed by atoms with Crippen molar-refractivity contribution in [3.05, 3.63) is 35.1 Å². The van der Waals surface area contributed by atoms with Crippen LogP contribution in [0, 0.1) is 12.7 Å². The molecule has 0 aliphatic carbocycles. The van der Waals surface area contributed by atoms with Gasteiger partial charge >= 0.3 is 0 Å². The normalized spacial score (nSPS) is 17.1. The Morgan fingerprint density at radius 3 is 2.92 bits per heavy atom. The van der Waals surface area contributed by atoms with Gasteiger partial charge in [-0.3, -0.25) is 14.5 Å². The quantitative estimate of drug-likeness (QED) is 0.717. The van der Waals surface area contributed by atoms with Crippen LogP contribution in [0.25, 0.3) is 0 Å². The van der Waals surface area contributed by atoms with Crippen molar-refractivity contribution >= 4 is 40.9 Å². The number of rotatable bonds is 7. The highest BCUT2D eigenvalue weighted by Gasteiger charge is 2.34. The average molecular weight is 369 g/mol. The molecule has 8 heteroatoms. The van der Waals surface area contributed by atoms with Crippen molar-refractivity contribution in [2.75, 3.05) is 25.1 Å². The fraction of sp³-hybridized carbons (Fsp3) is 0.438. The number of thiocarbonyl (C=S) groups is 1. The van der Waals surface area contributed by atoms with E-state index in [0.717, 1.165) is 5.75 Å². The molecule has 1 saturated heterocycles. The van der Waals surface area contributed by atoms with Crippen LogP contribution in [0.2, 0.25) is 0 Å². The van der Waals surface area contributed by atoms with Crippen LogP contribution in [0.5, 0.6) is 0 Å². The van der Waals surface area contributed by atoms with E-state index in [1.54, 1.807) is 30.8 Å². The number of carbonyl (C=O) groups is 2. The van der Waals surface area contributed by atoms with Gasteiger partial charge in [0.1, 0.15) is 11.9 Å². The number of amides is 2. The molecule has 0 bridgehead atoms. The second-order valence-electron chi connectivity index (χ2n) is 5.49. The summed E-state index contributed by atoms with van der Waals surface area (Å²) in [5.74, 6) is 0.0117. The van der Waals surface area contributed by atoms with Crippen LogP contribution in [0.3, 0.4) is 0 Å². The molecular formula is C16H20FN3O2S2. The fourth-order valence-electron chi connectivity index (χ4n) is 2.34. The first-order valence-electron chi connectivity index (χ1n) is 7.59. The predicted octanol–water partition coefficient (Wildman–Crippen LogP) is 1.70. The molecule has 130 valence electrons. The van der Waals surface area contributed by atoms with E-state index in [0.29, 0.717) is 23.6 Å². The van der Waals surface area contributed by atoms with Gasteiger partial charge in [-0.05, 0) is 55.3 Å². The molecule has 1 heterocycles. The number of halogens is 1. The van der Waals surface area contributed by atoms with Crippen LogP contribution in [-0.4, -0.2) is 53.0 Å². The summed E-state index contributed by atoms with van der Waals surface area (Å²) in [5.41, 5.74) is 0.742. The molecule has 0 aromatic heterocycles. The van der Waals surface area contributed by atoms with Crippen LogP contribution in [0.15, 0.2) is 18.2 Å². The van der Waals surface area contributed by atoms with Gasteiger partial charge < -0.3 is 10.6 Å². The lowest BCUT2D eigenvalue weighted by Gasteiger charge is -2.15. The lowest BCUT2D eigenvalue weighted by Crippen LogP contribution is -2.39. The van der Waals surface area contributed by atoms with Crippen molar-refractivity contribution in [2.45, 2.75) is 19.4 Å². The average Bonchev–Trinajstić information content (AvgIpc) is 2.82. The summed E-state index contributed by atoms with van der Waals surface area (Å²) in [6, 6.07) is 4.05. The first kappa shape index (κ1) is 18.7. The lowest BCUT2D eigenvalue weighted by molar-refractivity contribution is -0.127. The Morgan fingerprint density at radius 2 is 2.25 bits per heavy atom. The largest absolute Gasteiger partial charge is 0.350 e. The molecule has 5 nitrogen and oxygen atoms in total. The van der Waals surface area contributed by atoms with Crippen LogP contribution < -0.4 is 10.6 Å². The molecule has 2 amide bonds. The van der Waals surface area contributed by atoms with Crippen molar-refractivity contribution in [2.24, 2.45) is 0 Å². The van der Waals surface area contributed by atoms with E-state index >= 15 is 0 Å². The maximum atomic E-state index is 13.5. The number of aryl methyl sites for hydroxylation is 1. The molecule has 24 heavy (non-hydrogen) atoms. The standard InChI is InChI=1S/C16H20FN3O2S2/c1-10-3-4-11(9-12(10)17)14(21)18-6-7-20-15(22)13(5-8-24-2)19-16(20)23/h3-4,9,13H,5-8H2,1-2H3,(H,18,21)(H,19,23). The first-order chi connectivity index (χ1) is 11.4. The van der Waals surface area contributed by atoms with E-state index in [2.05, 4.69) is 10.6 Å². The molecule has 2 N–H and O–H groups in total. The van der Waals surface area contributed by atoms with Gasteiger partial charge in [-0.15, -0.1) is 0 Å². The topological polar surface area (TPSA) is 61.4 Å². The highest BCUT2D eigenvalue weighted by molar-refractivity contribution is 7.98. The maximum absolute atomic E-state index is 13.5. The fourth-order valence-corrected chi connectivity index (χ4v) is 3.13. The van der Waals surface area contributed by atoms with Crippen LogP contribution >= 0.6 is 24.0 Å². The molecule has 0 saturated carbocycles. The van der Waals surface area contributed by atoms with Gasteiger partial charge in [0.2, 0.25) is 0 Å². The molecule has 2 rings (SSSR count). The lowest BCUT2D eigenvalue weighted by atomic mass is 10.1. The SMILES string of the molecule is CSCCC1NC(=S)N(CCNC(=O)c2ccc(C)c(F)c2)C1=O. The van der Waals surface area contributed by atoms with Gasteiger partial charge in [-0.25, -0.2) is 4.39 Å². The first-order valence-corrected chi connectivity index (χ1v) is 9.39. The minimum atomic E-state index is -0.417. The van der Waals surface area contributed by atoms with Gasteiger partial charge in [-0.1, -0.05) is 6.07 Å². The summed E-state index contributed by atoms with van der Waals surface area (Å²) in [6.45, 7) is 2.18. The third-order valence-corrected chi connectivity index (χ3v) is 4.75. The monoisotopic (exact) mass is 369 g/mol. The molecule has 1 aliphatic rings. The van der Waals surface area contributed by atoms with E-state index < -0.39 is 5.82 Å². The number of carbonyl (C=O) groups excluding carboxylic acids is 2. The second-order valence-corrected chi connectivity index (χ2v) is 6.87. The summed E-state index contributed by atoms with van der Waals surface area (Å²) in [4.78, 5) is 25.7. The third kappa shape index (κ3) is 4.45. The molecule has 1 unspecified atom stereocenters. The van der Waals surface area contributed by atoms with Gasteiger partial charge in [0.05, 0.1) is 0 Å². The molecular weight excluding hydrogens is 349 g/mol. The summed E-state index contributed by atoms with van der Waals surface area (Å²) < 4.78 is 13.5. The van der Waals surface area contributed by atoms with Gasteiger partial charge in [0, 0.05) is 18.7 Å². The van der Waals surface area contributed by atoms with Crippen LogP contribution in [0.4, 0.5) is 4.39 Å². The van der Waals surface area contributed by atoms with Crippen molar-refractivity contribution in [1.29, 1.82) is 0 Å². The minimum Gasteiger partial charge on any atom is -0.350 e. The zero-order chi connectivity index (χ0) is 17.7. The Kier molecular flexibility index (Phi) is 6.56. The predicted molar refractivity (Wildman–Crippen MR) is 97.7 cm³/mol. The van der Waals surface area contributed by atoms with Crippen LogP contribution in [0.1, 0.15) is 22.3 Å². The Hall–Kier alpha value is -1.67. The van der Waals surface area contributed by atoms with Crippen LogP contribution in [-0.2, 0) is 4.79 Å². The molecule has 1 aliphatic heterocycles. The molecule has 0 spiro atoms. The number of hydrogen-bond donors (Lipinski definition) is 2. The molecule has 1 atom stereocenters. The van der Waals surface area contributed by atoms with E-state index in [-0.39, 0.29) is 30.0 Å². The highest BCUT2D eigenvalue weighted by atomic mass is 32.2. The van der Waals surface area contributed by atoms with Gasteiger partial charge in [0.15, 0.2) is 5.11 Å². The summed E-state index contributed by atoms with van der Waals surface area (Å²) in [5, 5.41) is 6.08. The number of nitrogens with zero attached hydrogens (tertiary/aromatic N) is 1. The van der Waals surface area contributed by atoms with Gasteiger partial charge in [-0.2, -0.15) is 11.8 Å². The molecule has 1 aromatic carbocycles. The maximum Gasteiger partial charge on any atom is 0.251 e. The Balaban J connectivity index is 1.85. The van der Waals surface area contributed by atoms with Crippen molar-refractivity contribution in [3.8, 4) is 0 Å². The van der Waals surface area contributed by atoms with Crippen molar-refractivity contribution in [1.82, 2.24) is 15.5 Å². The summed E-state index contributed by atoms with van der Waals surface area (Å²) >= 11 is 6.85. The van der Waals surface area contributed by atoms with E-state index in [1.165, 1.54) is 11.0 Å². The number of nitrogens with one attached hydrogen (secondary N) is 2. The number of thioether (sulfide) groups is 1. The Morgan fingerprint density at radius 1 is 1.50 bits per heavy atom. The minimum absolute atomic E-state index is 0.0651. The molecule has 1 fully saturated rings. The third-order valence-electron chi connectivity index (χ3n) is 3.77. The van der Waals surface area contributed by atoms with E-state index in [4.69, 9.17) is 12.2 Å². The zero-order valence-electron chi connectivity index (χ0n) is 13.6. The molecule has 1 aromatic rings. The summed E-state index contributed by atoms with van der Waals surface area (Å²) in [7, 11) is 0. The van der Waals surface area contributed by atoms with Crippen molar-refractivity contribution in [3.63, 3.8) is 0 Å². The Bertz CT molecular complexity index is 654. The number of benzene rings is 1. The van der Waals surface area contributed by atoms with Crippen molar-refractivity contribution < 1.29 is 14.0 Å². The zero-order valence-corrected chi connectivity index (χ0v) is 15.2. The van der Waals surface area contributed by atoms with Gasteiger partial charge in [0.25, 0.3) is 11.8 Å².